The molecule has 0 spiro atoms. The molecule has 0 rings (SSSR count). The average molecular weight is 297 g/mol. The lowest BCUT2D eigenvalue weighted by Crippen LogP contribution is -2.45. The van der Waals surface area contributed by atoms with Gasteiger partial charge in [0.2, 0.25) is 5.91 Å². The number of nitrogens with zero attached hydrogens (tertiary/aromatic N) is 1. The van der Waals surface area contributed by atoms with E-state index in [0.717, 1.165) is 4.90 Å². The first-order valence-corrected chi connectivity index (χ1v) is 6.68. The quantitative estimate of drug-likeness (QED) is 0.749. The van der Waals surface area contributed by atoms with Crippen LogP contribution in [0.2, 0.25) is 0 Å². The Kier molecular flexibility index (Phi) is 7.60. The molecule has 0 saturated heterocycles. The van der Waals surface area contributed by atoms with Gasteiger partial charge in [-0.2, -0.15) is 13.2 Å². The van der Waals surface area contributed by atoms with Gasteiger partial charge in [-0.15, -0.1) is 0 Å². The largest absolute Gasteiger partial charge is 0.481 e. The summed E-state index contributed by atoms with van der Waals surface area (Å²) >= 11 is 0. The molecule has 0 aromatic carbocycles. The molecule has 1 N–H and O–H groups in total. The highest BCUT2D eigenvalue weighted by atomic mass is 19.4. The number of hydrogen-bond donors (Lipinski definition) is 1. The maximum atomic E-state index is 12.6. The molecule has 0 fully saturated rings. The van der Waals surface area contributed by atoms with Gasteiger partial charge in [0, 0.05) is 18.9 Å². The predicted molar refractivity (Wildman–Crippen MR) is 68.2 cm³/mol. The Bertz CT molecular complexity index is 327. The number of carbonyl (C=O) groups excluding carboxylic acids is 1. The van der Waals surface area contributed by atoms with Gasteiger partial charge in [0.05, 0.1) is 0 Å². The van der Waals surface area contributed by atoms with E-state index in [-0.39, 0.29) is 12.8 Å². The lowest BCUT2D eigenvalue weighted by Gasteiger charge is -2.32. The first-order chi connectivity index (χ1) is 9.10. The van der Waals surface area contributed by atoms with Crippen molar-refractivity contribution in [3.05, 3.63) is 0 Å². The van der Waals surface area contributed by atoms with Crippen molar-refractivity contribution in [2.24, 2.45) is 5.92 Å². The molecular weight excluding hydrogens is 275 g/mol. The van der Waals surface area contributed by atoms with Crippen molar-refractivity contribution < 1.29 is 27.9 Å². The van der Waals surface area contributed by atoms with E-state index in [1.807, 2.05) is 0 Å². The molecular formula is C13H22F3NO3. The number of halogens is 3. The van der Waals surface area contributed by atoms with Gasteiger partial charge in [-0.1, -0.05) is 20.8 Å². The second-order valence-corrected chi connectivity index (χ2v) is 5.01. The lowest BCUT2D eigenvalue weighted by molar-refractivity contribution is -0.166. The van der Waals surface area contributed by atoms with E-state index in [4.69, 9.17) is 5.11 Å². The summed E-state index contributed by atoms with van der Waals surface area (Å²) in [6, 6.07) is -0.471. The number of hydrogen-bond acceptors (Lipinski definition) is 2. The summed E-state index contributed by atoms with van der Waals surface area (Å²) in [5, 5.41) is 8.62. The molecule has 0 aliphatic heterocycles. The Balaban J connectivity index is 4.83. The molecule has 0 bridgehead atoms. The Morgan fingerprint density at radius 3 is 2.00 bits per heavy atom. The predicted octanol–water partition coefficient (Wildman–Crippen LogP) is 3.07. The molecule has 0 heterocycles. The Morgan fingerprint density at radius 1 is 1.15 bits per heavy atom. The average Bonchev–Trinajstić information content (AvgIpc) is 2.26. The normalized spacial score (nSPS) is 13.3. The van der Waals surface area contributed by atoms with Gasteiger partial charge < -0.3 is 10.0 Å². The van der Waals surface area contributed by atoms with Gasteiger partial charge in [-0.3, -0.25) is 9.59 Å². The van der Waals surface area contributed by atoms with Crippen LogP contribution in [0.5, 0.6) is 0 Å². The van der Waals surface area contributed by atoms with E-state index < -0.39 is 36.6 Å². The summed E-state index contributed by atoms with van der Waals surface area (Å²) in [7, 11) is 0. The minimum absolute atomic E-state index is 0.182. The second-order valence-electron chi connectivity index (χ2n) is 5.01. The van der Waals surface area contributed by atoms with Gasteiger partial charge >= 0.3 is 12.1 Å². The van der Waals surface area contributed by atoms with Gasteiger partial charge in [-0.25, -0.2) is 0 Å². The smallest absolute Gasteiger partial charge is 0.406 e. The summed E-state index contributed by atoms with van der Waals surface area (Å²) in [6.07, 6.45) is -3.99. The summed E-state index contributed by atoms with van der Waals surface area (Å²) in [6.45, 7) is 3.72. The van der Waals surface area contributed by atoms with E-state index in [2.05, 4.69) is 0 Å². The number of carbonyl (C=O) groups is 2. The molecule has 1 unspecified atom stereocenters. The molecule has 20 heavy (non-hydrogen) atoms. The van der Waals surface area contributed by atoms with Crippen LogP contribution in [0, 0.1) is 5.92 Å². The lowest BCUT2D eigenvalue weighted by atomic mass is 10.0. The van der Waals surface area contributed by atoms with Crippen LogP contribution in [-0.2, 0) is 9.59 Å². The zero-order chi connectivity index (χ0) is 15.9. The highest BCUT2D eigenvalue weighted by Gasteiger charge is 2.35. The number of alkyl halides is 3. The zero-order valence-corrected chi connectivity index (χ0v) is 12.0. The molecule has 1 atom stereocenters. The van der Waals surface area contributed by atoms with Crippen molar-refractivity contribution in [3.63, 3.8) is 0 Å². The van der Waals surface area contributed by atoms with Gasteiger partial charge in [0.1, 0.15) is 6.54 Å². The number of carboxylic acids is 1. The molecule has 7 heteroatoms. The molecule has 0 saturated carbocycles. The first-order valence-electron chi connectivity index (χ1n) is 6.68. The molecule has 4 nitrogen and oxygen atoms in total. The Morgan fingerprint density at radius 2 is 1.65 bits per heavy atom. The molecule has 118 valence electrons. The minimum atomic E-state index is -4.45. The Hall–Kier alpha value is -1.27. The molecule has 0 aliphatic carbocycles. The maximum Gasteiger partial charge on any atom is 0.406 e. The minimum Gasteiger partial charge on any atom is -0.481 e. The fraction of sp³-hybridized carbons (Fsp3) is 0.846. The number of amides is 1. The monoisotopic (exact) mass is 297 g/mol. The number of carboxylic acid groups (broad SMARTS) is 1. The van der Waals surface area contributed by atoms with Gasteiger partial charge in [0.15, 0.2) is 0 Å². The van der Waals surface area contributed by atoms with Crippen molar-refractivity contribution in [2.75, 3.05) is 6.54 Å². The number of aliphatic carboxylic acids is 1. The fourth-order valence-electron chi connectivity index (χ4n) is 2.13. The van der Waals surface area contributed by atoms with Crippen LogP contribution in [0.15, 0.2) is 0 Å². The fourth-order valence-corrected chi connectivity index (χ4v) is 2.13. The van der Waals surface area contributed by atoms with Crippen molar-refractivity contribution >= 4 is 11.9 Å². The van der Waals surface area contributed by atoms with Gasteiger partial charge in [-0.05, 0) is 18.8 Å². The zero-order valence-electron chi connectivity index (χ0n) is 12.0. The number of rotatable bonds is 8. The van der Waals surface area contributed by atoms with Crippen LogP contribution in [0.3, 0.4) is 0 Å². The molecule has 0 radical (unpaired) electrons. The van der Waals surface area contributed by atoms with E-state index >= 15 is 0 Å². The third-order valence-electron chi connectivity index (χ3n) is 3.10. The van der Waals surface area contributed by atoms with Crippen LogP contribution in [0.1, 0.15) is 46.5 Å². The van der Waals surface area contributed by atoms with Crippen LogP contribution in [-0.4, -0.2) is 40.6 Å². The summed E-state index contributed by atoms with van der Waals surface area (Å²) in [5.41, 5.74) is 0. The second kappa shape index (κ2) is 8.11. The Labute approximate surface area is 116 Å². The van der Waals surface area contributed by atoms with Crippen molar-refractivity contribution in [1.82, 2.24) is 4.90 Å². The van der Waals surface area contributed by atoms with Gasteiger partial charge in [0.25, 0.3) is 0 Å². The third kappa shape index (κ3) is 7.35. The third-order valence-corrected chi connectivity index (χ3v) is 3.10. The first kappa shape index (κ1) is 18.7. The SMILES string of the molecule is CCC(CC)N(CC(F)(F)F)C(=O)CC(C)CC(=O)O. The molecule has 1 amide bonds. The molecule has 0 aromatic heterocycles. The highest BCUT2D eigenvalue weighted by Crippen LogP contribution is 2.22. The summed E-state index contributed by atoms with van der Waals surface area (Å²) in [4.78, 5) is 23.4. The van der Waals surface area contributed by atoms with Crippen LogP contribution >= 0.6 is 0 Å². The van der Waals surface area contributed by atoms with Crippen molar-refractivity contribution in [1.29, 1.82) is 0 Å². The maximum absolute atomic E-state index is 12.6. The molecule has 0 aromatic rings. The van der Waals surface area contributed by atoms with Crippen LogP contribution in [0.4, 0.5) is 13.2 Å². The standard InChI is InChI=1S/C13H22F3NO3/c1-4-10(5-2)17(8-13(14,15)16)11(18)6-9(3)7-12(19)20/h9-10H,4-8H2,1-3H3,(H,19,20). The highest BCUT2D eigenvalue weighted by molar-refractivity contribution is 5.77. The van der Waals surface area contributed by atoms with Crippen LogP contribution in [0.25, 0.3) is 0 Å². The van der Waals surface area contributed by atoms with Crippen molar-refractivity contribution in [2.45, 2.75) is 58.7 Å². The van der Waals surface area contributed by atoms with Crippen molar-refractivity contribution in [3.8, 4) is 0 Å². The molecule has 0 aliphatic rings. The topological polar surface area (TPSA) is 57.6 Å². The summed E-state index contributed by atoms with van der Waals surface area (Å²) < 4.78 is 37.7. The van der Waals surface area contributed by atoms with E-state index in [9.17, 15) is 22.8 Å². The van der Waals surface area contributed by atoms with E-state index in [0.29, 0.717) is 12.8 Å². The summed E-state index contributed by atoms with van der Waals surface area (Å²) in [5.74, 6) is -2.18. The van der Waals surface area contributed by atoms with E-state index in [1.54, 1.807) is 20.8 Å². The van der Waals surface area contributed by atoms with Crippen LogP contribution < -0.4 is 0 Å². The van der Waals surface area contributed by atoms with E-state index in [1.165, 1.54) is 0 Å².